The summed E-state index contributed by atoms with van der Waals surface area (Å²) in [4.78, 5) is 16.1. The summed E-state index contributed by atoms with van der Waals surface area (Å²) in [7, 11) is 3.27. The van der Waals surface area contributed by atoms with Gasteiger partial charge in [-0.25, -0.2) is 0 Å². The van der Waals surface area contributed by atoms with Crippen molar-refractivity contribution in [3.8, 4) is 5.75 Å². The highest BCUT2D eigenvalue weighted by molar-refractivity contribution is 7.86. The third-order valence-electron chi connectivity index (χ3n) is 6.39. The summed E-state index contributed by atoms with van der Waals surface area (Å²) in [5.74, 6) is 0.840. The highest BCUT2D eigenvalue weighted by Gasteiger charge is 2.34. The Morgan fingerprint density at radius 3 is 2.22 bits per heavy atom. The van der Waals surface area contributed by atoms with Gasteiger partial charge in [-0.3, -0.25) is 9.69 Å². The number of hydrogen-bond donors (Lipinski definition) is 0. The number of methoxy groups -OCH3 is 1. The van der Waals surface area contributed by atoms with Gasteiger partial charge in [-0.1, -0.05) is 19.1 Å². The maximum absolute atomic E-state index is 13.0. The molecule has 0 saturated carbocycles. The normalized spacial score (nSPS) is 17.0. The number of carbonyl (C=O) groups is 1. The number of benzene rings is 1. The lowest BCUT2D eigenvalue weighted by Gasteiger charge is -2.35. The molecule has 1 atom stereocenters. The van der Waals surface area contributed by atoms with E-state index in [9.17, 15) is 13.2 Å². The summed E-state index contributed by atoms with van der Waals surface area (Å²) >= 11 is 0. The van der Waals surface area contributed by atoms with E-state index >= 15 is 0 Å². The molecule has 1 heterocycles. The van der Waals surface area contributed by atoms with Crippen LogP contribution in [-0.4, -0.2) is 99.8 Å². The SMILES string of the molecule is CCN(CCN(C)S(=O)(=O)N1CCC(C(=O)N(C)C)CC1)C(C)Cc1ccc(OC)cc1. The van der Waals surface area contributed by atoms with Crippen LogP contribution in [0.1, 0.15) is 32.3 Å². The minimum absolute atomic E-state index is 0.0832. The average molecular weight is 469 g/mol. The molecule has 0 aliphatic carbocycles. The van der Waals surface area contributed by atoms with Crippen LogP contribution in [0.25, 0.3) is 0 Å². The second-order valence-corrected chi connectivity index (χ2v) is 10.8. The molecule has 182 valence electrons. The molecule has 0 N–H and O–H groups in total. The molecule has 1 amide bonds. The van der Waals surface area contributed by atoms with Gasteiger partial charge < -0.3 is 9.64 Å². The quantitative estimate of drug-likeness (QED) is 0.496. The molecular weight excluding hydrogens is 428 g/mol. The lowest BCUT2D eigenvalue weighted by Crippen LogP contribution is -2.49. The molecule has 1 aliphatic heterocycles. The standard InChI is InChI=1S/C23H40N4O4S/c1-7-26(19(2)18-20-8-10-22(31-6)11-9-20)17-16-25(5)32(29,30)27-14-12-21(13-15-27)23(28)24(3)4/h8-11,19,21H,7,12-18H2,1-6H3. The largest absolute Gasteiger partial charge is 0.497 e. The van der Waals surface area contributed by atoms with Crippen molar-refractivity contribution in [3.63, 3.8) is 0 Å². The lowest BCUT2D eigenvalue weighted by atomic mass is 9.97. The number of nitrogens with zero attached hydrogens (tertiary/aromatic N) is 4. The molecule has 0 aromatic heterocycles. The van der Waals surface area contributed by atoms with Gasteiger partial charge >= 0.3 is 0 Å². The fraction of sp³-hybridized carbons (Fsp3) is 0.696. The van der Waals surface area contributed by atoms with Gasteiger partial charge in [-0.2, -0.15) is 17.0 Å². The van der Waals surface area contributed by atoms with E-state index in [1.54, 1.807) is 33.2 Å². The second kappa shape index (κ2) is 12.0. The van der Waals surface area contributed by atoms with E-state index < -0.39 is 10.2 Å². The van der Waals surface area contributed by atoms with E-state index in [4.69, 9.17) is 4.74 Å². The Labute approximate surface area is 194 Å². The molecule has 2 rings (SSSR count). The molecule has 1 unspecified atom stereocenters. The first-order chi connectivity index (χ1) is 15.1. The van der Waals surface area contributed by atoms with Crippen molar-refractivity contribution in [2.24, 2.45) is 5.92 Å². The van der Waals surface area contributed by atoms with Crippen LogP contribution in [0.3, 0.4) is 0 Å². The van der Waals surface area contributed by atoms with Crippen LogP contribution in [0.4, 0.5) is 0 Å². The first-order valence-corrected chi connectivity index (χ1v) is 12.8. The van der Waals surface area contributed by atoms with Crippen molar-refractivity contribution in [1.29, 1.82) is 0 Å². The Bertz CT molecular complexity index is 821. The minimum Gasteiger partial charge on any atom is -0.497 e. The maximum Gasteiger partial charge on any atom is 0.281 e. The highest BCUT2D eigenvalue weighted by Crippen LogP contribution is 2.22. The number of hydrogen-bond acceptors (Lipinski definition) is 5. The number of piperidine rings is 1. The Hall–Kier alpha value is -1.68. The number of amides is 1. The van der Waals surface area contributed by atoms with Gasteiger partial charge in [0.15, 0.2) is 0 Å². The predicted octanol–water partition coefficient (Wildman–Crippen LogP) is 1.92. The van der Waals surface area contributed by atoms with Crippen LogP contribution < -0.4 is 4.74 Å². The summed E-state index contributed by atoms with van der Waals surface area (Å²) in [6.07, 6.45) is 2.04. The molecule has 1 fully saturated rings. The van der Waals surface area contributed by atoms with Crippen LogP contribution in [-0.2, 0) is 21.4 Å². The Morgan fingerprint density at radius 2 is 1.72 bits per heavy atom. The van der Waals surface area contributed by atoms with Crippen molar-refractivity contribution >= 4 is 16.1 Å². The molecule has 32 heavy (non-hydrogen) atoms. The van der Waals surface area contributed by atoms with Crippen molar-refractivity contribution in [1.82, 2.24) is 18.4 Å². The van der Waals surface area contributed by atoms with Crippen molar-refractivity contribution < 1.29 is 17.9 Å². The summed E-state index contributed by atoms with van der Waals surface area (Å²) in [5, 5.41) is 0. The van der Waals surface area contributed by atoms with Gasteiger partial charge in [0.25, 0.3) is 10.2 Å². The Balaban J connectivity index is 1.88. The number of carbonyl (C=O) groups excluding carboxylic acids is 1. The second-order valence-electron chi connectivity index (χ2n) is 8.77. The molecule has 8 nitrogen and oxygen atoms in total. The fourth-order valence-electron chi connectivity index (χ4n) is 4.20. The molecule has 1 saturated heterocycles. The summed E-state index contributed by atoms with van der Waals surface area (Å²) < 4.78 is 34.3. The average Bonchev–Trinajstić information content (AvgIpc) is 2.79. The zero-order chi connectivity index (χ0) is 23.9. The monoisotopic (exact) mass is 468 g/mol. The number of ether oxygens (including phenoxy) is 1. The third kappa shape index (κ3) is 6.91. The molecule has 0 bridgehead atoms. The van der Waals surface area contributed by atoms with Crippen LogP contribution in [0.5, 0.6) is 5.75 Å². The molecular formula is C23H40N4O4S. The number of likely N-dealkylation sites (N-methyl/N-ethyl adjacent to an activating group) is 2. The molecule has 0 radical (unpaired) electrons. The Kier molecular flexibility index (Phi) is 9.94. The molecule has 9 heteroatoms. The van der Waals surface area contributed by atoms with Gasteiger partial charge in [0.2, 0.25) is 5.91 Å². The van der Waals surface area contributed by atoms with E-state index in [0.29, 0.717) is 39.0 Å². The van der Waals surface area contributed by atoms with Crippen LogP contribution in [0.2, 0.25) is 0 Å². The predicted molar refractivity (Wildman–Crippen MR) is 128 cm³/mol. The van der Waals surface area contributed by atoms with Crippen molar-refractivity contribution in [2.75, 3.05) is 61.0 Å². The van der Waals surface area contributed by atoms with Gasteiger partial charge in [0.1, 0.15) is 5.75 Å². The summed E-state index contributed by atoms with van der Waals surface area (Å²) in [6.45, 7) is 7.01. The summed E-state index contributed by atoms with van der Waals surface area (Å²) in [6, 6.07) is 8.37. The zero-order valence-electron chi connectivity index (χ0n) is 20.5. The van der Waals surface area contributed by atoms with E-state index in [1.165, 1.54) is 14.2 Å². The van der Waals surface area contributed by atoms with E-state index in [2.05, 4.69) is 30.9 Å². The first-order valence-electron chi connectivity index (χ1n) is 11.4. The zero-order valence-corrected chi connectivity index (χ0v) is 21.3. The third-order valence-corrected chi connectivity index (χ3v) is 8.37. The smallest absolute Gasteiger partial charge is 0.281 e. The van der Waals surface area contributed by atoms with Crippen LogP contribution in [0.15, 0.2) is 24.3 Å². The van der Waals surface area contributed by atoms with E-state index in [1.807, 2.05) is 12.1 Å². The molecule has 1 aromatic carbocycles. The fourth-order valence-corrected chi connectivity index (χ4v) is 5.58. The van der Waals surface area contributed by atoms with Crippen molar-refractivity contribution in [3.05, 3.63) is 29.8 Å². The first kappa shape index (κ1) is 26.6. The van der Waals surface area contributed by atoms with Gasteiger partial charge in [-0.15, -0.1) is 0 Å². The maximum atomic E-state index is 13.0. The van der Waals surface area contributed by atoms with E-state index in [0.717, 1.165) is 18.7 Å². The van der Waals surface area contributed by atoms with E-state index in [-0.39, 0.29) is 17.9 Å². The lowest BCUT2D eigenvalue weighted by molar-refractivity contribution is -0.134. The van der Waals surface area contributed by atoms with Gasteiger partial charge in [0, 0.05) is 59.3 Å². The van der Waals surface area contributed by atoms with Gasteiger partial charge in [-0.05, 0) is 50.4 Å². The molecule has 0 spiro atoms. The van der Waals surface area contributed by atoms with Crippen LogP contribution >= 0.6 is 0 Å². The minimum atomic E-state index is -3.53. The number of rotatable bonds is 11. The summed E-state index contributed by atoms with van der Waals surface area (Å²) in [5.41, 5.74) is 1.23. The topological polar surface area (TPSA) is 73.4 Å². The van der Waals surface area contributed by atoms with Gasteiger partial charge in [0.05, 0.1) is 7.11 Å². The molecule has 1 aromatic rings. The Morgan fingerprint density at radius 1 is 1.12 bits per heavy atom. The highest BCUT2D eigenvalue weighted by atomic mass is 32.2. The van der Waals surface area contributed by atoms with Crippen LogP contribution in [0, 0.1) is 5.92 Å². The molecule has 1 aliphatic rings. The van der Waals surface area contributed by atoms with Crippen molar-refractivity contribution in [2.45, 2.75) is 39.2 Å².